The summed E-state index contributed by atoms with van der Waals surface area (Å²) in [6.45, 7) is 1.71. The number of ether oxygens (including phenoxy) is 3. The SMILES string of the molecule is CC(=O)OC1C[C@H](n2cc(C(=O)NC[C@H]3CCCO3)c(=O)[nH]c2=O)O[C@@H]1CO. The molecule has 2 aliphatic rings. The van der Waals surface area contributed by atoms with Crippen LogP contribution in [-0.4, -0.2) is 64.6 Å². The summed E-state index contributed by atoms with van der Waals surface area (Å²) < 4.78 is 17.1. The van der Waals surface area contributed by atoms with Gasteiger partial charge in [0.15, 0.2) is 0 Å². The highest BCUT2D eigenvalue weighted by Crippen LogP contribution is 2.29. The summed E-state index contributed by atoms with van der Waals surface area (Å²) in [5.74, 6) is -1.19. The maximum Gasteiger partial charge on any atom is 0.330 e. The Hall–Kier alpha value is -2.50. The molecular formula is C17H23N3O8. The fourth-order valence-corrected chi connectivity index (χ4v) is 3.34. The average molecular weight is 397 g/mol. The van der Waals surface area contributed by atoms with Gasteiger partial charge in [0.2, 0.25) is 0 Å². The Morgan fingerprint density at radius 1 is 1.43 bits per heavy atom. The van der Waals surface area contributed by atoms with Crippen LogP contribution in [0.3, 0.4) is 0 Å². The highest BCUT2D eigenvalue weighted by atomic mass is 16.6. The third kappa shape index (κ3) is 4.49. The van der Waals surface area contributed by atoms with Gasteiger partial charge in [-0.15, -0.1) is 0 Å². The van der Waals surface area contributed by atoms with Crippen LogP contribution in [0.4, 0.5) is 0 Å². The molecule has 2 fully saturated rings. The smallest absolute Gasteiger partial charge is 0.330 e. The molecule has 11 heteroatoms. The zero-order valence-electron chi connectivity index (χ0n) is 15.4. The van der Waals surface area contributed by atoms with Crippen molar-refractivity contribution in [2.75, 3.05) is 19.8 Å². The topological polar surface area (TPSA) is 149 Å². The van der Waals surface area contributed by atoms with Gasteiger partial charge in [-0.25, -0.2) is 4.79 Å². The van der Waals surface area contributed by atoms with Crippen LogP contribution < -0.4 is 16.6 Å². The standard InChI is InChI=1S/C17H23N3O8/c1-9(22)27-12-5-14(28-13(12)8-21)20-7-11(16(24)19-17(20)25)15(23)18-6-10-3-2-4-26-10/h7,10,12-14,21H,2-6,8H2,1H3,(H,18,23)(H,19,24,25)/t10-,12?,13-,14-/m1/s1. The van der Waals surface area contributed by atoms with Crippen LogP contribution in [0.25, 0.3) is 0 Å². The molecule has 3 N–H and O–H groups in total. The van der Waals surface area contributed by atoms with E-state index < -0.39 is 48.2 Å². The quantitative estimate of drug-likeness (QED) is 0.499. The van der Waals surface area contributed by atoms with E-state index in [4.69, 9.17) is 14.2 Å². The average Bonchev–Trinajstić information content (AvgIpc) is 3.29. The highest BCUT2D eigenvalue weighted by molar-refractivity contribution is 5.93. The minimum atomic E-state index is -0.907. The van der Waals surface area contributed by atoms with Crippen molar-refractivity contribution in [2.24, 2.45) is 0 Å². The summed E-state index contributed by atoms with van der Waals surface area (Å²) in [6, 6.07) is 0. The molecule has 3 rings (SSSR count). The number of amides is 1. The maximum absolute atomic E-state index is 12.4. The van der Waals surface area contributed by atoms with Gasteiger partial charge in [-0.1, -0.05) is 0 Å². The van der Waals surface area contributed by atoms with Gasteiger partial charge < -0.3 is 24.6 Å². The Morgan fingerprint density at radius 3 is 2.86 bits per heavy atom. The minimum Gasteiger partial charge on any atom is -0.460 e. The number of esters is 1. The molecule has 1 aromatic heterocycles. The molecule has 0 radical (unpaired) electrons. The van der Waals surface area contributed by atoms with Crippen molar-refractivity contribution in [3.05, 3.63) is 32.6 Å². The number of hydrogen-bond donors (Lipinski definition) is 3. The van der Waals surface area contributed by atoms with Crippen LogP contribution in [0.1, 0.15) is 42.8 Å². The molecule has 154 valence electrons. The van der Waals surface area contributed by atoms with Crippen LogP contribution in [0.15, 0.2) is 15.8 Å². The summed E-state index contributed by atoms with van der Waals surface area (Å²) in [7, 11) is 0. The number of rotatable bonds is 6. The second-order valence-electron chi connectivity index (χ2n) is 6.75. The minimum absolute atomic E-state index is 0.0910. The van der Waals surface area contributed by atoms with E-state index in [0.717, 1.165) is 23.6 Å². The number of hydrogen-bond acceptors (Lipinski definition) is 8. The van der Waals surface area contributed by atoms with Crippen molar-refractivity contribution in [2.45, 2.75) is 50.7 Å². The zero-order valence-corrected chi connectivity index (χ0v) is 15.4. The van der Waals surface area contributed by atoms with Gasteiger partial charge in [-0.3, -0.25) is 23.9 Å². The van der Waals surface area contributed by atoms with Gasteiger partial charge in [0.05, 0.1) is 12.7 Å². The monoisotopic (exact) mass is 397 g/mol. The number of aliphatic hydroxyl groups is 1. The zero-order chi connectivity index (χ0) is 20.3. The van der Waals surface area contributed by atoms with Gasteiger partial charge in [0.1, 0.15) is 24.0 Å². The van der Waals surface area contributed by atoms with Crippen molar-refractivity contribution < 1.29 is 28.9 Å². The summed E-state index contributed by atoms with van der Waals surface area (Å²) in [6.07, 6.45) is 0.381. The van der Waals surface area contributed by atoms with Gasteiger partial charge >= 0.3 is 11.7 Å². The van der Waals surface area contributed by atoms with Crippen LogP contribution in [0.2, 0.25) is 0 Å². The molecule has 2 saturated heterocycles. The number of aromatic amines is 1. The van der Waals surface area contributed by atoms with E-state index in [-0.39, 0.29) is 24.6 Å². The van der Waals surface area contributed by atoms with Crippen LogP contribution in [-0.2, 0) is 19.0 Å². The molecule has 4 atom stereocenters. The molecule has 28 heavy (non-hydrogen) atoms. The van der Waals surface area contributed by atoms with Gasteiger partial charge in [0, 0.05) is 32.7 Å². The van der Waals surface area contributed by atoms with E-state index in [9.17, 15) is 24.3 Å². The molecular weight excluding hydrogens is 374 g/mol. The fraction of sp³-hybridized carbons (Fsp3) is 0.647. The van der Waals surface area contributed by atoms with Crippen molar-refractivity contribution in [3.63, 3.8) is 0 Å². The van der Waals surface area contributed by atoms with Crippen LogP contribution >= 0.6 is 0 Å². The maximum atomic E-state index is 12.4. The second-order valence-corrected chi connectivity index (χ2v) is 6.75. The first-order valence-corrected chi connectivity index (χ1v) is 9.08. The van der Waals surface area contributed by atoms with Gasteiger partial charge in [-0.2, -0.15) is 0 Å². The molecule has 0 aromatic carbocycles. The Labute approximate surface area is 159 Å². The summed E-state index contributed by atoms with van der Waals surface area (Å²) in [4.78, 5) is 49.9. The molecule has 1 aromatic rings. The predicted octanol–water partition coefficient (Wildman–Crippen LogP) is -1.34. The molecule has 0 aliphatic carbocycles. The lowest BCUT2D eigenvalue weighted by atomic mass is 10.2. The molecule has 0 saturated carbocycles. The first kappa shape index (κ1) is 20.2. The Bertz CT molecular complexity index is 842. The molecule has 11 nitrogen and oxygen atoms in total. The van der Waals surface area contributed by atoms with Crippen LogP contribution in [0.5, 0.6) is 0 Å². The van der Waals surface area contributed by atoms with E-state index in [1.807, 2.05) is 0 Å². The highest BCUT2D eigenvalue weighted by Gasteiger charge is 2.38. The van der Waals surface area contributed by atoms with E-state index in [0.29, 0.717) is 6.61 Å². The van der Waals surface area contributed by atoms with E-state index in [2.05, 4.69) is 10.3 Å². The van der Waals surface area contributed by atoms with Gasteiger partial charge in [-0.05, 0) is 12.8 Å². The Balaban J connectivity index is 1.77. The number of nitrogens with one attached hydrogen (secondary N) is 2. The molecule has 0 spiro atoms. The Morgan fingerprint density at radius 2 is 2.21 bits per heavy atom. The van der Waals surface area contributed by atoms with Gasteiger partial charge in [0.25, 0.3) is 11.5 Å². The molecule has 1 amide bonds. The lowest BCUT2D eigenvalue weighted by Gasteiger charge is -2.16. The number of nitrogens with zero attached hydrogens (tertiary/aromatic N) is 1. The van der Waals surface area contributed by atoms with Crippen molar-refractivity contribution >= 4 is 11.9 Å². The number of carbonyl (C=O) groups excluding carboxylic acids is 2. The van der Waals surface area contributed by atoms with Crippen molar-refractivity contribution in [1.29, 1.82) is 0 Å². The number of carbonyl (C=O) groups is 2. The predicted molar refractivity (Wildman–Crippen MR) is 93.8 cm³/mol. The first-order valence-electron chi connectivity index (χ1n) is 9.08. The van der Waals surface area contributed by atoms with Crippen LogP contribution in [0, 0.1) is 0 Å². The third-order valence-corrected chi connectivity index (χ3v) is 4.71. The summed E-state index contributed by atoms with van der Waals surface area (Å²) in [5.41, 5.74) is -1.84. The van der Waals surface area contributed by atoms with E-state index in [1.165, 1.54) is 6.92 Å². The third-order valence-electron chi connectivity index (χ3n) is 4.71. The van der Waals surface area contributed by atoms with Crippen molar-refractivity contribution in [1.82, 2.24) is 14.9 Å². The first-order chi connectivity index (χ1) is 13.4. The lowest BCUT2D eigenvalue weighted by Crippen LogP contribution is -2.40. The summed E-state index contributed by atoms with van der Waals surface area (Å²) in [5, 5.41) is 12.0. The number of aromatic nitrogens is 2. The Kier molecular flexibility index (Phi) is 6.27. The fourth-order valence-electron chi connectivity index (χ4n) is 3.34. The van der Waals surface area contributed by atoms with Crippen molar-refractivity contribution in [3.8, 4) is 0 Å². The summed E-state index contributed by atoms with van der Waals surface area (Å²) >= 11 is 0. The number of aliphatic hydroxyl groups excluding tert-OH is 1. The lowest BCUT2D eigenvalue weighted by molar-refractivity contribution is -0.150. The number of H-pyrrole nitrogens is 1. The molecule has 3 heterocycles. The van der Waals surface area contributed by atoms with E-state index in [1.54, 1.807) is 0 Å². The largest absolute Gasteiger partial charge is 0.460 e. The molecule has 0 bridgehead atoms. The normalized spacial score (nSPS) is 26.9. The van der Waals surface area contributed by atoms with E-state index >= 15 is 0 Å². The molecule has 1 unspecified atom stereocenters. The molecule has 2 aliphatic heterocycles. The second kappa shape index (κ2) is 8.67.